The lowest BCUT2D eigenvalue weighted by molar-refractivity contribution is -0.139. The molecule has 0 aliphatic carbocycles. The smallest absolute Gasteiger partial charge is 0.246 e. The number of nitrogens with one attached hydrogen (secondary N) is 2. The van der Waals surface area contributed by atoms with Gasteiger partial charge in [-0.1, -0.05) is 13.8 Å². The first kappa shape index (κ1) is 31.7. The van der Waals surface area contributed by atoms with Crippen molar-refractivity contribution in [3.05, 3.63) is 35.6 Å². The van der Waals surface area contributed by atoms with E-state index in [1.807, 2.05) is 18.7 Å². The third kappa shape index (κ3) is 7.48. The fourth-order valence-electron chi connectivity index (χ4n) is 5.32. The van der Waals surface area contributed by atoms with Crippen molar-refractivity contribution in [3.8, 4) is 0 Å². The predicted molar refractivity (Wildman–Crippen MR) is 160 cm³/mol. The third-order valence-electron chi connectivity index (χ3n) is 7.77. The molecule has 11 heteroatoms. The van der Waals surface area contributed by atoms with Crippen LogP contribution in [0.2, 0.25) is 0 Å². The van der Waals surface area contributed by atoms with E-state index in [4.69, 9.17) is 4.99 Å². The van der Waals surface area contributed by atoms with Crippen molar-refractivity contribution in [1.29, 1.82) is 0 Å². The van der Waals surface area contributed by atoms with E-state index in [2.05, 4.69) is 10.6 Å². The van der Waals surface area contributed by atoms with Gasteiger partial charge in [0.15, 0.2) is 5.78 Å². The van der Waals surface area contributed by atoms with Crippen molar-refractivity contribution in [2.75, 3.05) is 32.4 Å². The zero-order valence-corrected chi connectivity index (χ0v) is 24.9. The lowest BCUT2D eigenvalue weighted by Gasteiger charge is -2.38. The van der Waals surface area contributed by atoms with E-state index in [0.29, 0.717) is 43.8 Å². The number of likely N-dealkylation sites (tertiary alicyclic amines) is 2. The lowest BCUT2D eigenvalue weighted by atomic mass is 9.88. The molecular formula is C29H46FN5O4S. The largest absolute Gasteiger partial charge is 0.343 e. The molecule has 40 heavy (non-hydrogen) atoms. The Morgan fingerprint density at radius 1 is 1.07 bits per heavy atom. The molecule has 4 rings (SSSR count). The van der Waals surface area contributed by atoms with Gasteiger partial charge in [-0.3, -0.25) is 24.2 Å². The standard InChI is InChI=1S/C27H36FN5O4S.C2H6.2H2/c1-16(29-3)25(36)31-23(18-10-13-32(14-11-18)17(2)34)27(37)33-12-4-5-22(33)26-30-21(15-38-26)24(35)19-6-8-20(28)9-7-19;1-2;;/h6-9,16,18,21-23,29H,4-5,10-15H2,1-3H3,(H,31,36);1-2H3;2*1H/t16-,21?,22-,23-;;;/m0.../s1. The SMILES string of the molecule is CC.CN[C@@H](C)C(=O)N[C@H](C(=O)N1CCC[C@H]1C1=NC(C(=O)c2ccc(F)cc2)CS1)C1CCN(C(C)=O)CC1.[HH].[HH]. The Hall–Kier alpha value is -2.79. The number of rotatable bonds is 8. The molecule has 224 valence electrons. The van der Waals surface area contributed by atoms with Gasteiger partial charge in [0.1, 0.15) is 17.9 Å². The second-order valence-electron chi connectivity index (χ2n) is 10.2. The number of likely N-dealkylation sites (N-methyl/N-ethyl adjacent to an activating group) is 1. The van der Waals surface area contributed by atoms with Crippen molar-refractivity contribution in [2.24, 2.45) is 10.9 Å². The number of nitrogens with zero attached hydrogens (tertiary/aromatic N) is 3. The number of benzene rings is 1. The lowest BCUT2D eigenvalue weighted by Crippen LogP contribution is -2.58. The Labute approximate surface area is 243 Å². The fraction of sp³-hybridized carbons (Fsp3) is 0.621. The molecule has 4 atom stereocenters. The number of amides is 3. The van der Waals surface area contributed by atoms with Crippen LogP contribution in [0.25, 0.3) is 0 Å². The second-order valence-corrected chi connectivity index (χ2v) is 11.2. The Bertz CT molecular complexity index is 1100. The number of thioether (sulfide) groups is 1. The van der Waals surface area contributed by atoms with Crippen LogP contribution in [0.4, 0.5) is 4.39 Å². The number of ketones is 1. The van der Waals surface area contributed by atoms with Crippen molar-refractivity contribution < 1.29 is 26.4 Å². The second kappa shape index (κ2) is 14.7. The van der Waals surface area contributed by atoms with Gasteiger partial charge in [0.25, 0.3) is 0 Å². The Balaban J connectivity index is 0.00000216. The van der Waals surface area contributed by atoms with Crippen LogP contribution in [-0.2, 0) is 14.4 Å². The van der Waals surface area contributed by atoms with Crippen molar-refractivity contribution in [3.63, 3.8) is 0 Å². The third-order valence-corrected chi connectivity index (χ3v) is 8.93. The number of carbonyl (C=O) groups excluding carboxylic acids is 4. The first-order chi connectivity index (χ1) is 19.2. The van der Waals surface area contributed by atoms with Crippen molar-refractivity contribution in [1.82, 2.24) is 20.4 Å². The monoisotopic (exact) mass is 579 g/mol. The first-order valence-electron chi connectivity index (χ1n) is 14.2. The molecule has 0 radical (unpaired) electrons. The highest BCUT2D eigenvalue weighted by atomic mass is 32.2. The average molecular weight is 580 g/mol. The maximum absolute atomic E-state index is 14.0. The highest BCUT2D eigenvalue weighted by Gasteiger charge is 2.42. The van der Waals surface area contributed by atoms with Gasteiger partial charge in [0.05, 0.1) is 17.1 Å². The minimum absolute atomic E-state index is 0. The van der Waals surface area contributed by atoms with Crippen LogP contribution in [0, 0.1) is 11.7 Å². The fourth-order valence-corrected chi connectivity index (χ4v) is 6.51. The van der Waals surface area contributed by atoms with Gasteiger partial charge in [-0.2, -0.15) is 0 Å². The van der Waals surface area contributed by atoms with Crippen molar-refractivity contribution in [2.45, 2.75) is 77.5 Å². The summed E-state index contributed by atoms with van der Waals surface area (Å²) < 4.78 is 13.3. The van der Waals surface area contributed by atoms with Gasteiger partial charge < -0.3 is 20.4 Å². The quantitative estimate of drug-likeness (QED) is 0.457. The molecule has 1 aromatic rings. The number of halogens is 1. The molecule has 0 aromatic heterocycles. The number of hydrogen-bond acceptors (Lipinski definition) is 7. The molecule has 2 saturated heterocycles. The predicted octanol–water partition coefficient (Wildman–Crippen LogP) is 3.38. The van der Waals surface area contributed by atoms with Crippen molar-refractivity contribution >= 4 is 40.3 Å². The molecular weight excluding hydrogens is 533 g/mol. The summed E-state index contributed by atoms with van der Waals surface area (Å²) in [5, 5.41) is 6.68. The summed E-state index contributed by atoms with van der Waals surface area (Å²) in [7, 11) is 1.70. The van der Waals surface area contributed by atoms with Gasteiger partial charge in [-0.05, 0) is 69.8 Å². The Morgan fingerprint density at radius 3 is 2.33 bits per heavy atom. The van der Waals surface area contributed by atoms with Gasteiger partial charge in [0.2, 0.25) is 17.7 Å². The normalized spacial score (nSPS) is 22.6. The molecule has 3 aliphatic rings. The minimum Gasteiger partial charge on any atom is -0.343 e. The van der Waals surface area contributed by atoms with Crippen LogP contribution in [0.1, 0.15) is 66.6 Å². The number of carbonyl (C=O) groups is 4. The molecule has 2 fully saturated rings. The zero-order chi connectivity index (χ0) is 29.4. The summed E-state index contributed by atoms with van der Waals surface area (Å²) in [5.41, 5.74) is 0.416. The summed E-state index contributed by atoms with van der Waals surface area (Å²) in [4.78, 5) is 59.9. The maximum atomic E-state index is 14.0. The van der Waals surface area contributed by atoms with Crippen LogP contribution in [0.3, 0.4) is 0 Å². The van der Waals surface area contributed by atoms with Crippen LogP contribution in [0.5, 0.6) is 0 Å². The summed E-state index contributed by atoms with van der Waals surface area (Å²) >= 11 is 1.49. The van der Waals surface area contributed by atoms with E-state index in [-0.39, 0.29) is 38.3 Å². The molecule has 2 N–H and O–H groups in total. The zero-order valence-electron chi connectivity index (χ0n) is 24.1. The van der Waals surface area contributed by atoms with Gasteiger partial charge in [0, 0.05) is 40.7 Å². The van der Waals surface area contributed by atoms with Gasteiger partial charge >= 0.3 is 0 Å². The van der Waals surface area contributed by atoms with E-state index in [0.717, 1.165) is 17.9 Å². The van der Waals surface area contributed by atoms with Gasteiger partial charge in [-0.25, -0.2) is 4.39 Å². The summed E-state index contributed by atoms with van der Waals surface area (Å²) in [6.45, 7) is 8.96. The first-order valence-corrected chi connectivity index (χ1v) is 15.2. The molecule has 1 aromatic carbocycles. The molecule has 0 saturated carbocycles. The van der Waals surface area contributed by atoms with Gasteiger partial charge in [-0.15, -0.1) is 11.8 Å². The molecule has 9 nitrogen and oxygen atoms in total. The molecule has 3 amide bonds. The van der Waals surface area contributed by atoms with E-state index in [9.17, 15) is 23.6 Å². The summed E-state index contributed by atoms with van der Waals surface area (Å²) in [5.74, 6) is -0.530. The van der Waals surface area contributed by atoms with Crippen LogP contribution in [-0.4, -0.2) is 95.0 Å². The van der Waals surface area contributed by atoms with E-state index >= 15 is 0 Å². The average Bonchev–Trinajstić information content (AvgIpc) is 3.66. The van der Waals surface area contributed by atoms with Crippen LogP contribution >= 0.6 is 11.8 Å². The molecule has 1 unspecified atom stereocenters. The van der Waals surface area contributed by atoms with Crippen LogP contribution in [0.15, 0.2) is 29.3 Å². The summed E-state index contributed by atoms with van der Waals surface area (Å²) in [6.07, 6.45) is 2.81. The number of Topliss-reactive ketones (excluding diaryl/α,β-unsaturated/α-hetero) is 1. The van der Waals surface area contributed by atoms with Crippen LogP contribution < -0.4 is 10.6 Å². The highest BCUT2D eigenvalue weighted by molar-refractivity contribution is 8.14. The molecule has 0 spiro atoms. The highest BCUT2D eigenvalue weighted by Crippen LogP contribution is 2.32. The molecule has 3 heterocycles. The number of piperidine rings is 1. The Kier molecular flexibility index (Phi) is 11.7. The molecule has 3 aliphatic heterocycles. The maximum Gasteiger partial charge on any atom is 0.246 e. The number of aliphatic imine (C=N–C) groups is 1. The Morgan fingerprint density at radius 2 is 1.73 bits per heavy atom. The van der Waals surface area contributed by atoms with E-state index in [1.54, 1.807) is 25.8 Å². The van der Waals surface area contributed by atoms with E-state index < -0.39 is 23.9 Å². The molecule has 0 bridgehead atoms. The minimum atomic E-state index is -0.698. The van der Waals surface area contributed by atoms with E-state index in [1.165, 1.54) is 36.0 Å². The summed E-state index contributed by atoms with van der Waals surface area (Å²) in [6, 6.07) is 3.51. The number of hydrogen-bond donors (Lipinski definition) is 2. The topological polar surface area (TPSA) is 111 Å².